The van der Waals surface area contributed by atoms with Crippen molar-refractivity contribution in [1.29, 1.82) is 0 Å². The van der Waals surface area contributed by atoms with E-state index in [0.717, 1.165) is 60.3 Å². The van der Waals surface area contributed by atoms with Crippen molar-refractivity contribution in [3.05, 3.63) is 66.1 Å². The Morgan fingerprint density at radius 2 is 1.77 bits per heavy atom. The van der Waals surface area contributed by atoms with E-state index in [2.05, 4.69) is 4.68 Å². The number of carboxylic acid groups (broad SMARTS) is 1. The van der Waals surface area contributed by atoms with Crippen molar-refractivity contribution in [2.24, 2.45) is 11.8 Å². The molecule has 0 bridgehead atoms. The van der Waals surface area contributed by atoms with Crippen LogP contribution in [0.3, 0.4) is 0 Å². The van der Waals surface area contributed by atoms with Crippen LogP contribution in [0.4, 0.5) is 4.39 Å². The molecule has 0 radical (unpaired) electrons. The first-order valence-electron chi connectivity index (χ1n) is 12.2. The van der Waals surface area contributed by atoms with Gasteiger partial charge in [-0.25, -0.2) is 9.18 Å². The van der Waals surface area contributed by atoms with Gasteiger partial charge < -0.3 is 14.6 Å². The summed E-state index contributed by atoms with van der Waals surface area (Å²) in [5, 5.41) is 13.8. The predicted octanol–water partition coefficient (Wildman–Crippen LogP) is 5.45. The monoisotopic (exact) mass is 480 g/mol. The van der Waals surface area contributed by atoms with Gasteiger partial charge in [0.15, 0.2) is 0 Å². The minimum absolute atomic E-state index is 0.235. The Hall–Kier alpha value is -3.03. The number of aromatic nitrogens is 2. The molecule has 6 nitrogen and oxygen atoms in total. The minimum Gasteiger partial charge on any atom is -0.480 e. The van der Waals surface area contributed by atoms with Crippen molar-refractivity contribution >= 4 is 5.97 Å². The summed E-state index contributed by atoms with van der Waals surface area (Å²) in [6.45, 7) is 1.61. The second-order valence-corrected chi connectivity index (χ2v) is 9.27. The number of rotatable bonds is 11. The van der Waals surface area contributed by atoms with Gasteiger partial charge in [0.1, 0.15) is 18.1 Å². The molecule has 4 rings (SSSR count). The van der Waals surface area contributed by atoms with Gasteiger partial charge in [-0.05, 0) is 55.2 Å². The largest absolute Gasteiger partial charge is 0.480 e. The Morgan fingerprint density at radius 1 is 1.06 bits per heavy atom. The second-order valence-electron chi connectivity index (χ2n) is 9.27. The smallest absolute Gasteiger partial charge is 0.329 e. The normalized spacial score (nSPS) is 18.0. The quantitative estimate of drug-likeness (QED) is 0.395. The maximum atomic E-state index is 14.2. The zero-order valence-corrected chi connectivity index (χ0v) is 20.2. The number of nitrogens with zero attached hydrogens (tertiary/aromatic N) is 2. The van der Waals surface area contributed by atoms with Crippen molar-refractivity contribution in [3.63, 3.8) is 0 Å². The average molecular weight is 481 g/mol. The third-order valence-electron chi connectivity index (χ3n) is 6.74. The van der Waals surface area contributed by atoms with E-state index >= 15 is 0 Å². The summed E-state index contributed by atoms with van der Waals surface area (Å²) in [7, 11) is 1.69. The molecule has 0 aliphatic heterocycles. The number of halogens is 1. The molecule has 1 saturated carbocycles. The van der Waals surface area contributed by atoms with Crippen LogP contribution >= 0.6 is 0 Å². The molecule has 1 aromatic heterocycles. The molecule has 3 aromatic rings. The molecule has 1 aliphatic rings. The molecule has 7 heteroatoms. The van der Waals surface area contributed by atoms with Crippen LogP contribution in [-0.4, -0.2) is 47.8 Å². The maximum absolute atomic E-state index is 14.2. The SMILES string of the molecule is COCCc1c(-c2cccc(F)c2)c(-c2ccccc2)nn1C[C@H]1CC[C@H](COCC(=O)O)CC1. The Bertz CT molecular complexity index is 1110. The van der Waals surface area contributed by atoms with Gasteiger partial charge in [0, 0.05) is 36.9 Å². The summed E-state index contributed by atoms with van der Waals surface area (Å²) in [6, 6.07) is 16.8. The van der Waals surface area contributed by atoms with Crippen LogP contribution in [0, 0.1) is 17.7 Å². The van der Waals surface area contributed by atoms with Crippen molar-refractivity contribution in [1.82, 2.24) is 9.78 Å². The average Bonchev–Trinajstić information content (AvgIpc) is 3.22. The van der Waals surface area contributed by atoms with Gasteiger partial charge >= 0.3 is 5.97 Å². The molecule has 1 aliphatic carbocycles. The van der Waals surface area contributed by atoms with Gasteiger partial charge in [0.2, 0.25) is 0 Å². The first kappa shape index (κ1) is 25.1. The fourth-order valence-electron chi connectivity index (χ4n) is 4.98. The van der Waals surface area contributed by atoms with Crippen molar-refractivity contribution in [2.45, 2.75) is 38.6 Å². The molecule has 0 spiro atoms. The standard InChI is InChI=1S/C28H33FN2O4/c1-34-15-14-25-27(23-8-5-9-24(29)16-23)28(22-6-3-2-4-7-22)30-31(25)17-20-10-12-21(13-11-20)18-35-19-26(32)33/h2-9,16,20-21H,10-15,17-19H2,1H3,(H,32,33)/t20-,21-. The third-order valence-corrected chi connectivity index (χ3v) is 6.74. The lowest BCUT2D eigenvalue weighted by molar-refractivity contribution is -0.142. The van der Waals surface area contributed by atoms with Gasteiger partial charge in [-0.15, -0.1) is 0 Å². The van der Waals surface area contributed by atoms with Crippen LogP contribution < -0.4 is 0 Å². The van der Waals surface area contributed by atoms with Crippen molar-refractivity contribution in [2.75, 3.05) is 26.9 Å². The van der Waals surface area contributed by atoms with E-state index in [0.29, 0.717) is 31.5 Å². The number of carboxylic acids is 1. The highest BCUT2D eigenvalue weighted by Gasteiger charge is 2.26. The zero-order valence-electron chi connectivity index (χ0n) is 20.2. The number of aliphatic carboxylic acids is 1. The molecule has 0 unspecified atom stereocenters. The fraction of sp³-hybridized carbons (Fsp3) is 0.429. The molecule has 1 N–H and O–H groups in total. The summed E-state index contributed by atoms with van der Waals surface area (Å²) in [5.41, 5.74) is 4.70. The Labute approximate surface area is 205 Å². The Kier molecular flexibility index (Phi) is 8.66. The minimum atomic E-state index is -0.927. The van der Waals surface area contributed by atoms with E-state index in [9.17, 15) is 9.18 Å². The van der Waals surface area contributed by atoms with Crippen LogP contribution in [0.15, 0.2) is 54.6 Å². The van der Waals surface area contributed by atoms with Gasteiger partial charge in [-0.3, -0.25) is 4.68 Å². The third kappa shape index (κ3) is 6.55. The van der Waals surface area contributed by atoms with E-state index in [-0.39, 0.29) is 12.4 Å². The van der Waals surface area contributed by atoms with Crippen LogP contribution in [-0.2, 0) is 27.2 Å². The van der Waals surface area contributed by atoms with Gasteiger partial charge in [-0.1, -0.05) is 42.5 Å². The number of ether oxygens (including phenoxy) is 2. The highest BCUT2D eigenvalue weighted by atomic mass is 19.1. The lowest BCUT2D eigenvalue weighted by Gasteiger charge is -2.28. The van der Waals surface area contributed by atoms with Gasteiger partial charge in [0.25, 0.3) is 0 Å². The summed E-state index contributed by atoms with van der Waals surface area (Å²) in [5.74, 6) is -0.325. The molecule has 35 heavy (non-hydrogen) atoms. The number of hydrogen-bond donors (Lipinski definition) is 1. The molecule has 1 fully saturated rings. The molecule has 1 heterocycles. The fourth-order valence-corrected chi connectivity index (χ4v) is 4.98. The van der Waals surface area contributed by atoms with Crippen LogP contribution in [0.25, 0.3) is 22.4 Å². The summed E-state index contributed by atoms with van der Waals surface area (Å²) >= 11 is 0. The van der Waals surface area contributed by atoms with Crippen molar-refractivity contribution in [3.8, 4) is 22.4 Å². The van der Waals surface area contributed by atoms with Gasteiger partial charge in [-0.2, -0.15) is 5.10 Å². The summed E-state index contributed by atoms with van der Waals surface area (Å²) in [4.78, 5) is 10.7. The lowest BCUT2D eigenvalue weighted by Crippen LogP contribution is -2.24. The van der Waals surface area contributed by atoms with Crippen molar-refractivity contribution < 1.29 is 23.8 Å². The topological polar surface area (TPSA) is 73.6 Å². The Morgan fingerprint density at radius 3 is 2.46 bits per heavy atom. The first-order valence-corrected chi connectivity index (χ1v) is 12.2. The summed E-state index contributed by atoms with van der Waals surface area (Å²) in [6.07, 6.45) is 4.80. The molecule has 0 amide bonds. The lowest BCUT2D eigenvalue weighted by atomic mass is 9.82. The van der Waals surface area contributed by atoms with E-state index in [1.807, 2.05) is 36.4 Å². The molecular weight excluding hydrogens is 447 g/mol. The molecular formula is C28H33FN2O4. The number of hydrogen-bond acceptors (Lipinski definition) is 4. The van der Waals surface area contributed by atoms with Crippen LogP contribution in [0.2, 0.25) is 0 Å². The van der Waals surface area contributed by atoms with Crippen LogP contribution in [0.1, 0.15) is 31.4 Å². The highest BCUT2D eigenvalue weighted by Crippen LogP contribution is 2.37. The van der Waals surface area contributed by atoms with E-state index in [1.165, 1.54) is 6.07 Å². The van der Waals surface area contributed by atoms with Crippen LogP contribution in [0.5, 0.6) is 0 Å². The molecule has 2 aromatic carbocycles. The predicted molar refractivity (Wildman–Crippen MR) is 133 cm³/mol. The number of benzene rings is 2. The Balaban J connectivity index is 1.60. The maximum Gasteiger partial charge on any atom is 0.329 e. The molecule has 0 atom stereocenters. The molecule has 186 valence electrons. The zero-order chi connectivity index (χ0) is 24.6. The number of carbonyl (C=O) groups is 1. The molecule has 0 saturated heterocycles. The van der Waals surface area contributed by atoms with E-state index in [1.54, 1.807) is 19.2 Å². The van der Waals surface area contributed by atoms with Gasteiger partial charge in [0.05, 0.1) is 13.2 Å². The van der Waals surface area contributed by atoms with E-state index < -0.39 is 5.97 Å². The summed E-state index contributed by atoms with van der Waals surface area (Å²) < 4.78 is 27.1. The number of methoxy groups -OCH3 is 1. The van der Waals surface area contributed by atoms with E-state index in [4.69, 9.17) is 19.7 Å². The first-order chi connectivity index (χ1) is 17.0. The second kappa shape index (κ2) is 12.1. The highest BCUT2D eigenvalue weighted by molar-refractivity contribution is 5.82.